The van der Waals surface area contributed by atoms with E-state index in [4.69, 9.17) is 11.6 Å². The summed E-state index contributed by atoms with van der Waals surface area (Å²) in [5, 5.41) is 7.16. The minimum atomic E-state index is 0.0380. The standard InChI is InChI=1S/C16H19ClN2OS/c1-3-12-16(17)13(19(2)18-12)9-14(20)10-5-4-6-15-11(10)7-8-21-15/h7-8,10H,3-6,9H2,1-2H3. The predicted molar refractivity (Wildman–Crippen MR) is 86.3 cm³/mol. The van der Waals surface area contributed by atoms with E-state index < -0.39 is 0 Å². The van der Waals surface area contributed by atoms with Crippen LogP contribution < -0.4 is 0 Å². The molecule has 3 rings (SSSR count). The van der Waals surface area contributed by atoms with Crippen molar-refractivity contribution < 1.29 is 4.79 Å². The van der Waals surface area contributed by atoms with Crippen LogP contribution >= 0.6 is 22.9 Å². The highest BCUT2D eigenvalue weighted by Crippen LogP contribution is 2.36. The Morgan fingerprint density at radius 1 is 1.57 bits per heavy atom. The summed E-state index contributed by atoms with van der Waals surface area (Å²) in [4.78, 5) is 14.1. The lowest BCUT2D eigenvalue weighted by Crippen LogP contribution is -2.20. The first-order chi connectivity index (χ1) is 10.1. The molecule has 1 atom stereocenters. The zero-order valence-corrected chi connectivity index (χ0v) is 13.9. The van der Waals surface area contributed by atoms with Crippen molar-refractivity contribution >= 4 is 28.7 Å². The van der Waals surface area contributed by atoms with E-state index in [1.807, 2.05) is 14.0 Å². The van der Waals surface area contributed by atoms with E-state index in [0.717, 1.165) is 37.1 Å². The zero-order valence-electron chi connectivity index (χ0n) is 12.4. The highest BCUT2D eigenvalue weighted by molar-refractivity contribution is 7.10. The molecule has 21 heavy (non-hydrogen) atoms. The van der Waals surface area contributed by atoms with Crippen LogP contribution in [-0.2, 0) is 31.1 Å². The van der Waals surface area contributed by atoms with Crippen molar-refractivity contribution in [3.63, 3.8) is 0 Å². The van der Waals surface area contributed by atoms with Gasteiger partial charge in [0.05, 0.1) is 22.8 Å². The molecule has 1 aliphatic rings. The molecule has 0 fully saturated rings. The molecule has 0 saturated heterocycles. The molecule has 2 heterocycles. The van der Waals surface area contributed by atoms with Gasteiger partial charge in [-0.1, -0.05) is 18.5 Å². The molecule has 2 aromatic heterocycles. The highest BCUT2D eigenvalue weighted by atomic mass is 35.5. The van der Waals surface area contributed by atoms with Crippen molar-refractivity contribution in [3.8, 4) is 0 Å². The fourth-order valence-electron chi connectivity index (χ4n) is 3.12. The molecule has 3 nitrogen and oxygen atoms in total. The Morgan fingerprint density at radius 2 is 2.38 bits per heavy atom. The molecule has 0 saturated carbocycles. The monoisotopic (exact) mass is 322 g/mol. The third-order valence-electron chi connectivity index (χ3n) is 4.29. The van der Waals surface area contributed by atoms with Gasteiger partial charge in [-0.25, -0.2) is 0 Å². The second kappa shape index (κ2) is 5.93. The number of carbonyl (C=O) groups is 1. The largest absolute Gasteiger partial charge is 0.299 e. The number of halogens is 1. The van der Waals surface area contributed by atoms with E-state index in [2.05, 4.69) is 16.5 Å². The van der Waals surface area contributed by atoms with Gasteiger partial charge in [0.25, 0.3) is 0 Å². The van der Waals surface area contributed by atoms with Crippen molar-refractivity contribution in [2.24, 2.45) is 7.05 Å². The fourth-order valence-corrected chi connectivity index (χ4v) is 4.47. The van der Waals surface area contributed by atoms with Crippen LogP contribution in [0.3, 0.4) is 0 Å². The number of carbonyl (C=O) groups excluding carboxylic acids is 1. The van der Waals surface area contributed by atoms with Gasteiger partial charge in [0.1, 0.15) is 5.78 Å². The number of nitrogens with zero attached hydrogens (tertiary/aromatic N) is 2. The average Bonchev–Trinajstić information content (AvgIpc) is 3.06. The molecular formula is C16H19ClN2OS. The van der Waals surface area contributed by atoms with Crippen LogP contribution in [0.5, 0.6) is 0 Å². The minimum absolute atomic E-state index is 0.0380. The average molecular weight is 323 g/mol. The summed E-state index contributed by atoms with van der Waals surface area (Å²) in [7, 11) is 1.87. The van der Waals surface area contributed by atoms with Gasteiger partial charge in [0.2, 0.25) is 0 Å². The number of rotatable bonds is 4. The number of ketones is 1. The Hall–Kier alpha value is -1.13. The van der Waals surface area contributed by atoms with Gasteiger partial charge in [0, 0.05) is 17.8 Å². The molecule has 0 aliphatic heterocycles. The van der Waals surface area contributed by atoms with Gasteiger partial charge in [-0.3, -0.25) is 9.48 Å². The number of aromatic nitrogens is 2. The number of thiophene rings is 1. The minimum Gasteiger partial charge on any atom is -0.299 e. The third-order valence-corrected chi connectivity index (χ3v) is 5.72. The summed E-state index contributed by atoms with van der Waals surface area (Å²) in [6.07, 6.45) is 4.34. The number of aryl methyl sites for hydroxylation is 3. The van der Waals surface area contributed by atoms with E-state index in [9.17, 15) is 4.79 Å². The van der Waals surface area contributed by atoms with Crippen LogP contribution in [0.15, 0.2) is 11.4 Å². The number of hydrogen-bond donors (Lipinski definition) is 0. The first kappa shape index (κ1) is 14.8. The van der Waals surface area contributed by atoms with Gasteiger partial charge in [-0.2, -0.15) is 5.10 Å². The number of hydrogen-bond acceptors (Lipinski definition) is 3. The van der Waals surface area contributed by atoms with E-state index in [0.29, 0.717) is 11.4 Å². The zero-order chi connectivity index (χ0) is 15.0. The number of Topliss-reactive ketones (excluding diaryl/α,β-unsaturated/α-hetero) is 1. The van der Waals surface area contributed by atoms with Crippen LogP contribution in [0.1, 0.15) is 47.5 Å². The molecular weight excluding hydrogens is 304 g/mol. The van der Waals surface area contributed by atoms with Crippen molar-refractivity contribution in [2.75, 3.05) is 0 Å². The van der Waals surface area contributed by atoms with E-state index >= 15 is 0 Å². The Balaban J connectivity index is 1.84. The summed E-state index contributed by atoms with van der Waals surface area (Å²) in [5.41, 5.74) is 2.97. The summed E-state index contributed by atoms with van der Waals surface area (Å²) in [5.74, 6) is 0.304. The molecule has 0 N–H and O–H groups in total. The van der Waals surface area contributed by atoms with E-state index in [1.54, 1.807) is 16.0 Å². The third kappa shape index (κ3) is 2.67. The van der Waals surface area contributed by atoms with Crippen LogP contribution in [0.25, 0.3) is 0 Å². The number of fused-ring (bicyclic) bond motifs is 1. The maximum absolute atomic E-state index is 12.7. The van der Waals surface area contributed by atoms with Crippen LogP contribution in [0.2, 0.25) is 5.02 Å². The van der Waals surface area contributed by atoms with Gasteiger partial charge >= 0.3 is 0 Å². The normalized spacial score (nSPS) is 17.8. The highest BCUT2D eigenvalue weighted by Gasteiger charge is 2.28. The molecule has 1 aliphatic carbocycles. The molecule has 112 valence electrons. The Morgan fingerprint density at radius 3 is 3.10 bits per heavy atom. The Kier molecular flexibility index (Phi) is 4.18. The summed E-state index contributed by atoms with van der Waals surface area (Å²) in [6, 6.07) is 2.12. The molecule has 2 aromatic rings. The van der Waals surface area contributed by atoms with Gasteiger partial charge in [-0.15, -0.1) is 11.3 Å². The summed E-state index contributed by atoms with van der Waals surface area (Å²) >= 11 is 8.13. The van der Waals surface area contributed by atoms with Crippen molar-refractivity contribution in [1.82, 2.24) is 9.78 Å². The molecule has 0 amide bonds. The molecule has 0 aromatic carbocycles. The maximum atomic E-state index is 12.7. The SMILES string of the molecule is CCc1nn(C)c(CC(=O)C2CCCc3sccc32)c1Cl. The quantitative estimate of drug-likeness (QED) is 0.855. The van der Waals surface area contributed by atoms with Gasteiger partial charge < -0.3 is 0 Å². The molecule has 5 heteroatoms. The van der Waals surface area contributed by atoms with Crippen LogP contribution in [0, 0.1) is 0 Å². The summed E-state index contributed by atoms with van der Waals surface area (Å²) < 4.78 is 1.76. The first-order valence-electron chi connectivity index (χ1n) is 7.41. The Labute approximate surface area is 133 Å². The maximum Gasteiger partial charge on any atom is 0.146 e. The second-order valence-electron chi connectivity index (χ2n) is 5.57. The lowest BCUT2D eigenvalue weighted by molar-refractivity contribution is -0.120. The van der Waals surface area contributed by atoms with Gasteiger partial charge in [-0.05, 0) is 42.7 Å². The summed E-state index contributed by atoms with van der Waals surface area (Å²) in [6.45, 7) is 2.03. The lowest BCUT2D eigenvalue weighted by atomic mass is 9.83. The van der Waals surface area contributed by atoms with Crippen molar-refractivity contribution in [2.45, 2.75) is 44.9 Å². The molecule has 0 bridgehead atoms. The first-order valence-corrected chi connectivity index (χ1v) is 8.66. The molecule has 0 radical (unpaired) electrons. The predicted octanol–water partition coefficient (Wildman–Crippen LogP) is 3.93. The van der Waals surface area contributed by atoms with Crippen LogP contribution in [-0.4, -0.2) is 15.6 Å². The second-order valence-corrected chi connectivity index (χ2v) is 6.95. The van der Waals surface area contributed by atoms with Crippen molar-refractivity contribution in [3.05, 3.63) is 38.3 Å². The molecule has 1 unspecified atom stereocenters. The smallest absolute Gasteiger partial charge is 0.146 e. The van der Waals surface area contributed by atoms with E-state index in [1.165, 1.54) is 10.4 Å². The van der Waals surface area contributed by atoms with Crippen molar-refractivity contribution in [1.29, 1.82) is 0 Å². The topological polar surface area (TPSA) is 34.9 Å². The van der Waals surface area contributed by atoms with E-state index in [-0.39, 0.29) is 11.7 Å². The molecule has 0 spiro atoms. The van der Waals surface area contributed by atoms with Gasteiger partial charge in [0.15, 0.2) is 0 Å². The Bertz CT molecular complexity index is 674. The lowest BCUT2D eigenvalue weighted by Gasteiger charge is -2.21. The van der Waals surface area contributed by atoms with Crippen LogP contribution in [0.4, 0.5) is 0 Å². The fraction of sp³-hybridized carbons (Fsp3) is 0.500.